The van der Waals surface area contributed by atoms with Gasteiger partial charge in [0.25, 0.3) is 0 Å². The number of amidine groups is 1. The summed E-state index contributed by atoms with van der Waals surface area (Å²) in [6, 6.07) is 9.87. The van der Waals surface area contributed by atoms with Crippen molar-refractivity contribution in [3.05, 3.63) is 46.2 Å². The van der Waals surface area contributed by atoms with Crippen molar-refractivity contribution in [2.75, 3.05) is 19.0 Å². The van der Waals surface area contributed by atoms with Gasteiger partial charge in [-0.25, -0.2) is 4.99 Å². The Labute approximate surface area is 117 Å². The monoisotopic (exact) mass is 274 g/mol. The van der Waals surface area contributed by atoms with Gasteiger partial charge in [0.05, 0.1) is 10.6 Å². The molecule has 4 N–H and O–H groups in total. The van der Waals surface area contributed by atoms with Crippen molar-refractivity contribution >= 4 is 28.5 Å². The second-order valence-electron chi connectivity index (χ2n) is 4.39. The topological polar surface area (TPSA) is 67.6 Å². The largest absolute Gasteiger partial charge is 0.383 e. The molecule has 0 saturated carbocycles. The summed E-state index contributed by atoms with van der Waals surface area (Å²) >= 11 is 1.58. The zero-order valence-corrected chi connectivity index (χ0v) is 11.9. The van der Waals surface area contributed by atoms with Gasteiger partial charge < -0.3 is 16.4 Å². The molecule has 0 aliphatic rings. The molecule has 1 aromatic carbocycles. The van der Waals surface area contributed by atoms with Gasteiger partial charge in [-0.05, 0) is 35.2 Å². The van der Waals surface area contributed by atoms with E-state index in [0.717, 1.165) is 21.8 Å². The molecule has 4 nitrogen and oxygen atoms in total. The lowest BCUT2D eigenvalue weighted by Crippen LogP contribution is -2.13. The molecule has 1 heterocycles. The normalized spacial score (nSPS) is 11.6. The second-order valence-corrected chi connectivity index (χ2v) is 5.33. The first-order valence-corrected chi connectivity index (χ1v) is 6.88. The molecule has 0 fully saturated rings. The van der Waals surface area contributed by atoms with Crippen molar-refractivity contribution < 1.29 is 0 Å². The van der Waals surface area contributed by atoms with E-state index in [1.165, 1.54) is 0 Å². The molecular weight excluding hydrogens is 256 g/mol. The van der Waals surface area contributed by atoms with E-state index in [2.05, 4.69) is 4.99 Å². The van der Waals surface area contributed by atoms with Gasteiger partial charge in [0.15, 0.2) is 0 Å². The molecule has 0 unspecified atom stereocenters. The SMILES string of the molecule is CN(C)c1ccc(N=C(N)c2cccs2)cc1CN. The summed E-state index contributed by atoms with van der Waals surface area (Å²) in [7, 11) is 3.99. The highest BCUT2D eigenvalue weighted by molar-refractivity contribution is 7.12. The summed E-state index contributed by atoms with van der Waals surface area (Å²) in [4.78, 5) is 7.46. The van der Waals surface area contributed by atoms with E-state index >= 15 is 0 Å². The number of hydrogen-bond acceptors (Lipinski definition) is 4. The molecule has 0 atom stereocenters. The third-order valence-corrected chi connectivity index (χ3v) is 3.68. The fourth-order valence-corrected chi connectivity index (χ4v) is 2.49. The van der Waals surface area contributed by atoms with Crippen molar-refractivity contribution in [2.45, 2.75) is 6.54 Å². The number of rotatable bonds is 4. The van der Waals surface area contributed by atoms with Crippen molar-refractivity contribution in [3.8, 4) is 0 Å². The maximum atomic E-state index is 5.98. The Morgan fingerprint density at radius 1 is 1.32 bits per heavy atom. The fraction of sp³-hybridized carbons (Fsp3) is 0.214. The molecule has 1 aromatic heterocycles. The van der Waals surface area contributed by atoms with Gasteiger partial charge >= 0.3 is 0 Å². The second kappa shape index (κ2) is 5.86. The van der Waals surface area contributed by atoms with E-state index in [4.69, 9.17) is 11.5 Å². The highest BCUT2D eigenvalue weighted by Crippen LogP contribution is 2.24. The molecule has 0 saturated heterocycles. The van der Waals surface area contributed by atoms with E-state index in [9.17, 15) is 0 Å². The Morgan fingerprint density at radius 3 is 2.68 bits per heavy atom. The maximum Gasteiger partial charge on any atom is 0.141 e. The van der Waals surface area contributed by atoms with Crippen LogP contribution in [0.15, 0.2) is 40.7 Å². The predicted octanol–water partition coefficient (Wildman–Crippen LogP) is 2.31. The number of nitrogens with two attached hydrogens (primary N) is 2. The molecule has 0 aliphatic heterocycles. The lowest BCUT2D eigenvalue weighted by Gasteiger charge is -2.17. The third-order valence-electron chi connectivity index (χ3n) is 2.79. The Balaban J connectivity index is 2.34. The van der Waals surface area contributed by atoms with Crippen molar-refractivity contribution in [3.63, 3.8) is 0 Å². The molecule has 0 bridgehead atoms. The Morgan fingerprint density at radius 2 is 2.11 bits per heavy atom. The van der Waals surface area contributed by atoms with Crippen LogP contribution >= 0.6 is 11.3 Å². The maximum absolute atomic E-state index is 5.98. The number of hydrogen-bond donors (Lipinski definition) is 2. The van der Waals surface area contributed by atoms with Gasteiger partial charge in [0, 0.05) is 26.3 Å². The lowest BCUT2D eigenvalue weighted by atomic mass is 10.1. The average molecular weight is 274 g/mol. The van der Waals surface area contributed by atoms with Crippen LogP contribution in [0.25, 0.3) is 0 Å². The summed E-state index contributed by atoms with van der Waals surface area (Å²) in [6.07, 6.45) is 0. The van der Waals surface area contributed by atoms with Crippen molar-refractivity contribution in [2.24, 2.45) is 16.5 Å². The highest BCUT2D eigenvalue weighted by atomic mass is 32.1. The van der Waals surface area contributed by atoms with Crippen LogP contribution in [0.1, 0.15) is 10.4 Å². The minimum absolute atomic E-state index is 0.482. The number of anilines is 1. The molecular formula is C14H18N4S. The number of aliphatic imine (C=N–C) groups is 1. The minimum Gasteiger partial charge on any atom is -0.383 e. The molecule has 0 radical (unpaired) electrons. The van der Waals surface area contributed by atoms with Gasteiger partial charge in [-0.1, -0.05) is 6.07 Å². The summed E-state index contributed by atoms with van der Waals surface area (Å²) < 4.78 is 0. The van der Waals surface area contributed by atoms with Crippen LogP contribution < -0.4 is 16.4 Å². The molecule has 5 heteroatoms. The average Bonchev–Trinajstić information content (AvgIpc) is 2.92. The summed E-state index contributed by atoms with van der Waals surface area (Å²) in [5.74, 6) is 0.538. The van der Waals surface area contributed by atoms with E-state index in [1.807, 2.05) is 54.7 Å². The minimum atomic E-state index is 0.482. The zero-order valence-electron chi connectivity index (χ0n) is 11.1. The van der Waals surface area contributed by atoms with Crippen LogP contribution in [0.4, 0.5) is 11.4 Å². The van der Waals surface area contributed by atoms with E-state index in [1.54, 1.807) is 11.3 Å². The van der Waals surface area contributed by atoms with Crippen LogP contribution in [0.2, 0.25) is 0 Å². The van der Waals surface area contributed by atoms with Crippen LogP contribution in [0.3, 0.4) is 0 Å². The predicted molar refractivity (Wildman–Crippen MR) is 83.4 cm³/mol. The number of benzene rings is 1. The van der Waals surface area contributed by atoms with Gasteiger partial charge in [-0.3, -0.25) is 0 Å². The Bertz CT molecular complexity index is 573. The summed E-state index contributed by atoms with van der Waals surface area (Å²) in [5.41, 5.74) is 14.8. The van der Waals surface area contributed by atoms with E-state index < -0.39 is 0 Å². The van der Waals surface area contributed by atoms with Gasteiger partial charge in [0.1, 0.15) is 5.84 Å². The lowest BCUT2D eigenvalue weighted by molar-refractivity contribution is 1.03. The summed E-state index contributed by atoms with van der Waals surface area (Å²) in [6.45, 7) is 0.482. The molecule has 19 heavy (non-hydrogen) atoms. The highest BCUT2D eigenvalue weighted by Gasteiger charge is 2.05. The first kappa shape index (κ1) is 13.6. The van der Waals surface area contributed by atoms with Gasteiger partial charge in [-0.15, -0.1) is 11.3 Å². The molecule has 2 aromatic rings. The van der Waals surface area contributed by atoms with Crippen LogP contribution in [-0.2, 0) is 6.54 Å². The third kappa shape index (κ3) is 3.13. The number of thiophene rings is 1. The van der Waals surface area contributed by atoms with Crippen LogP contribution in [0, 0.1) is 0 Å². The molecule has 2 rings (SSSR count). The van der Waals surface area contributed by atoms with Crippen LogP contribution in [-0.4, -0.2) is 19.9 Å². The molecule has 0 spiro atoms. The van der Waals surface area contributed by atoms with Crippen molar-refractivity contribution in [1.29, 1.82) is 0 Å². The molecule has 100 valence electrons. The van der Waals surface area contributed by atoms with E-state index in [-0.39, 0.29) is 0 Å². The summed E-state index contributed by atoms with van der Waals surface area (Å²) in [5, 5.41) is 1.98. The molecule has 0 aliphatic carbocycles. The zero-order chi connectivity index (χ0) is 13.8. The van der Waals surface area contributed by atoms with Crippen molar-refractivity contribution in [1.82, 2.24) is 0 Å². The van der Waals surface area contributed by atoms with Gasteiger partial charge in [0.2, 0.25) is 0 Å². The molecule has 0 amide bonds. The quantitative estimate of drug-likeness (QED) is 0.664. The first-order valence-electron chi connectivity index (χ1n) is 6.00. The Kier molecular flexibility index (Phi) is 4.19. The van der Waals surface area contributed by atoms with E-state index in [0.29, 0.717) is 12.4 Å². The van der Waals surface area contributed by atoms with Crippen LogP contribution in [0.5, 0.6) is 0 Å². The first-order chi connectivity index (χ1) is 9.11. The Hall–Kier alpha value is -1.85. The smallest absolute Gasteiger partial charge is 0.141 e. The standard InChI is InChI=1S/C14H18N4S/c1-18(2)12-6-5-11(8-10(12)9-15)17-14(16)13-4-3-7-19-13/h3-8H,9,15H2,1-2H3,(H2,16,17). The fourth-order valence-electron chi connectivity index (χ4n) is 1.86. The van der Waals surface area contributed by atoms with Gasteiger partial charge in [-0.2, -0.15) is 0 Å². The number of nitrogens with zero attached hydrogens (tertiary/aromatic N) is 2.